The van der Waals surface area contributed by atoms with Gasteiger partial charge in [0, 0.05) is 43.3 Å². The molecule has 1 unspecified atom stereocenters. The highest BCUT2D eigenvalue weighted by molar-refractivity contribution is 6.30. The van der Waals surface area contributed by atoms with Gasteiger partial charge >= 0.3 is 0 Å². The fraction of sp³-hybridized carbons (Fsp3) is 0.562. The number of hydrogen-bond acceptors (Lipinski definition) is 5. The summed E-state index contributed by atoms with van der Waals surface area (Å²) in [7, 11) is 0. The summed E-state index contributed by atoms with van der Waals surface area (Å²) in [4.78, 5) is 16.4. The average molecular weight is 343 g/mol. The van der Waals surface area contributed by atoms with Crippen LogP contribution in [0.25, 0.3) is 0 Å². The van der Waals surface area contributed by atoms with E-state index in [9.17, 15) is 9.90 Å². The number of ether oxygens (including phenoxy) is 1. The van der Waals surface area contributed by atoms with Crippen LogP contribution in [0.3, 0.4) is 0 Å². The first-order chi connectivity index (χ1) is 11.0. The van der Waals surface area contributed by atoms with Crippen LogP contribution in [0.4, 0.5) is 0 Å². The fourth-order valence-corrected chi connectivity index (χ4v) is 2.81. The summed E-state index contributed by atoms with van der Waals surface area (Å²) in [5, 5.41) is 18.8. The zero-order valence-corrected chi connectivity index (χ0v) is 14.0. The second-order valence-corrected chi connectivity index (χ2v) is 6.00. The molecule has 1 aromatic rings. The lowest BCUT2D eigenvalue weighted by molar-refractivity contribution is -0.139. The van der Waals surface area contributed by atoms with E-state index in [0.717, 1.165) is 13.1 Å². The van der Waals surface area contributed by atoms with E-state index >= 15 is 0 Å². The van der Waals surface area contributed by atoms with Gasteiger partial charge in [-0.25, -0.2) is 0 Å². The highest BCUT2D eigenvalue weighted by Crippen LogP contribution is 2.24. The lowest BCUT2D eigenvalue weighted by Crippen LogP contribution is -2.52. The van der Waals surface area contributed by atoms with Gasteiger partial charge in [-0.2, -0.15) is 0 Å². The maximum atomic E-state index is 12.5. The Morgan fingerprint density at radius 1 is 1.30 bits per heavy atom. The van der Waals surface area contributed by atoms with Gasteiger partial charge in [-0.3, -0.25) is 9.69 Å². The first kappa shape index (κ1) is 18.0. The Labute approximate surface area is 141 Å². The minimum absolute atomic E-state index is 0.0764. The van der Waals surface area contributed by atoms with Gasteiger partial charge < -0.3 is 19.8 Å². The first-order valence-corrected chi connectivity index (χ1v) is 8.11. The number of carbonyl (C=O) groups is 1. The van der Waals surface area contributed by atoms with E-state index in [2.05, 4.69) is 4.90 Å². The Morgan fingerprint density at radius 3 is 2.61 bits per heavy atom. The van der Waals surface area contributed by atoms with Crippen molar-refractivity contribution in [3.63, 3.8) is 0 Å². The second kappa shape index (κ2) is 8.49. The molecular weight excluding hydrogens is 320 g/mol. The van der Waals surface area contributed by atoms with Gasteiger partial charge in [-0.15, -0.1) is 0 Å². The number of halogens is 1. The predicted octanol–water partition coefficient (Wildman–Crippen LogP) is 0.736. The standard InChI is InChI=1S/C16H23ClN2O4/c1-12(23-15-3-2-14(17)10-13(15)11-21)16(22)19-6-4-18(5-7-19)8-9-20/h2-3,10,12,20-21H,4-9,11H2,1H3. The Balaban J connectivity index is 1.93. The summed E-state index contributed by atoms with van der Waals surface area (Å²) >= 11 is 5.89. The van der Waals surface area contributed by atoms with Crippen molar-refractivity contribution in [3.05, 3.63) is 28.8 Å². The van der Waals surface area contributed by atoms with Crippen molar-refractivity contribution >= 4 is 17.5 Å². The molecule has 0 saturated carbocycles. The molecule has 1 aliphatic rings. The molecule has 0 spiro atoms. The number of carbonyl (C=O) groups excluding carboxylic acids is 1. The summed E-state index contributed by atoms with van der Waals surface area (Å²) in [5.41, 5.74) is 0.560. The van der Waals surface area contributed by atoms with Crippen LogP contribution in [0, 0.1) is 0 Å². The molecule has 1 aliphatic heterocycles. The molecule has 1 heterocycles. The molecule has 0 aromatic heterocycles. The summed E-state index contributed by atoms with van der Waals surface area (Å²) in [6.07, 6.45) is -0.633. The summed E-state index contributed by atoms with van der Waals surface area (Å²) in [6, 6.07) is 4.96. The molecule has 6 nitrogen and oxygen atoms in total. The molecule has 0 aliphatic carbocycles. The van der Waals surface area contributed by atoms with E-state index in [0.29, 0.717) is 36.0 Å². The number of β-amino-alcohol motifs (C(OH)–C–C–N with tert-alkyl or cyclic N) is 1. The van der Waals surface area contributed by atoms with Crippen LogP contribution < -0.4 is 4.74 Å². The molecule has 2 rings (SSSR count). The van der Waals surface area contributed by atoms with Crippen LogP contribution >= 0.6 is 11.6 Å². The van der Waals surface area contributed by atoms with Crippen LogP contribution in [0.2, 0.25) is 5.02 Å². The molecular formula is C16H23ClN2O4. The number of piperazine rings is 1. The molecule has 1 amide bonds. The molecule has 0 radical (unpaired) electrons. The van der Waals surface area contributed by atoms with Crippen molar-refractivity contribution in [1.29, 1.82) is 0 Å². The number of aliphatic hydroxyl groups is 2. The highest BCUT2D eigenvalue weighted by atomic mass is 35.5. The zero-order valence-electron chi connectivity index (χ0n) is 13.2. The van der Waals surface area contributed by atoms with Gasteiger partial charge in [0.15, 0.2) is 6.10 Å². The number of aliphatic hydroxyl groups excluding tert-OH is 2. The van der Waals surface area contributed by atoms with Crippen molar-refractivity contribution in [3.8, 4) is 5.75 Å². The van der Waals surface area contributed by atoms with E-state index in [4.69, 9.17) is 21.4 Å². The lowest BCUT2D eigenvalue weighted by atomic mass is 10.2. The highest BCUT2D eigenvalue weighted by Gasteiger charge is 2.26. The maximum absolute atomic E-state index is 12.5. The normalized spacial score (nSPS) is 17.1. The molecule has 1 atom stereocenters. The van der Waals surface area contributed by atoms with Crippen LogP contribution in [-0.4, -0.2) is 71.4 Å². The average Bonchev–Trinajstić information content (AvgIpc) is 2.56. The minimum Gasteiger partial charge on any atom is -0.481 e. The topological polar surface area (TPSA) is 73.2 Å². The van der Waals surface area contributed by atoms with Crippen molar-refractivity contribution < 1.29 is 19.7 Å². The van der Waals surface area contributed by atoms with Crippen molar-refractivity contribution in [2.24, 2.45) is 0 Å². The van der Waals surface area contributed by atoms with Crippen molar-refractivity contribution in [2.45, 2.75) is 19.6 Å². The maximum Gasteiger partial charge on any atom is 0.263 e. The van der Waals surface area contributed by atoms with Gasteiger partial charge in [0.1, 0.15) is 5.75 Å². The van der Waals surface area contributed by atoms with Crippen LogP contribution in [0.5, 0.6) is 5.75 Å². The van der Waals surface area contributed by atoms with Gasteiger partial charge in [0.05, 0.1) is 13.2 Å². The van der Waals surface area contributed by atoms with E-state index in [1.165, 1.54) is 0 Å². The molecule has 23 heavy (non-hydrogen) atoms. The third kappa shape index (κ3) is 4.81. The van der Waals surface area contributed by atoms with Gasteiger partial charge in [-0.05, 0) is 25.1 Å². The van der Waals surface area contributed by atoms with Gasteiger partial charge in [0.2, 0.25) is 0 Å². The van der Waals surface area contributed by atoms with E-state index in [1.807, 2.05) is 0 Å². The number of rotatable bonds is 6. The van der Waals surface area contributed by atoms with Crippen molar-refractivity contribution in [1.82, 2.24) is 9.80 Å². The Morgan fingerprint density at radius 2 is 2.00 bits per heavy atom. The van der Waals surface area contributed by atoms with E-state index in [1.54, 1.807) is 30.0 Å². The monoisotopic (exact) mass is 342 g/mol. The third-order valence-corrected chi connectivity index (χ3v) is 4.18. The fourth-order valence-electron chi connectivity index (χ4n) is 2.62. The largest absolute Gasteiger partial charge is 0.481 e. The SMILES string of the molecule is CC(Oc1ccc(Cl)cc1CO)C(=O)N1CCN(CCO)CC1. The lowest BCUT2D eigenvalue weighted by Gasteiger charge is -2.35. The molecule has 1 saturated heterocycles. The molecule has 1 fully saturated rings. The Hall–Kier alpha value is -1.34. The summed E-state index contributed by atoms with van der Waals surface area (Å²) in [6.45, 7) is 5.03. The minimum atomic E-state index is -0.633. The van der Waals surface area contributed by atoms with Crippen LogP contribution in [0.15, 0.2) is 18.2 Å². The van der Waals surface area contributed by atoms with Gasteiger partial charge in [-0.1, -0.05) is 11.6 Å². The number of benzene rings is 1. The molecule has 128 valence electrons. The predicted molar refractivity (Wildman–Crippen MR) is 87.6 cm³/mol. The van der Waals surface area contributed by atoms with Gasteiger partial charge in [0.25, 0.3) is 5.91 Å². The summed E-state index contributed by atoms with van der Waals surface area (Å²) < 4.78 is 5.72. The third-order valence-electron chi connectivity index (χ3n) is 3.94. The smallest absolute Gasteiger partial charge is 0.263 e. The second-order valence-electron chi connectivity index (χ2n) is 5.56. The Kier molecular flexibility index (Phi) is 6.65. The molecule has 1 aromatic carbocycles. The quantitative estimate of drug-likeness (QED) is 0.797. The van der Waals surface area contributed by atoms with Crippen LogP contribution in [-0.2, 0) is 11.4 Å². The van der Waals surface area contributed by atoms with E-state index in [-0.39, 0.29) is 19.1 Å². The zero-order chi connectivity index (χ0) is 16.8. The molecule has 7 heteroatoms. The Bertz CT molecular complexity index is 533. The van der Waals surface area contributed by atoms with Crippen molar-refractivity contribution in [2.75, 3.05) is 39.3 Å². The first-order valence-electron chi connectivity index (χ1n) is 7.73. The number of hydrogen-bond donors (Lipinski definition) is 2. The van der Waals surface area contributed by atoms with Crippen LogP contribution in [0.1, 0.15) is 12.5 Å². The molecule has 0 bridgehead atoms. The van der Waals surface area contributed by atoms with E-state index < -0.39 is 6.10 Å². The summed E-state index contributed by atoms with van der Waals surface area (Å²) in [5.74, 6) is 0.393. The number of nitrogens with zero attached hydrogens (tertiary/aromatic N) is 2. The molecule has 2 N–H and O–H groups in total. The number of amides is 1.